The highest BCUT2D eigenvalue weighted by atomic mass is 16.7. The minimum Gasteiger partial charge on any atom is -0.396 e. The summed E-state index contributed by atoms with van der Waals surface area (Å²) >= 11 is 0. The van der Waals surface area contributed by atoms with Gasteiger partial charge in [-0.1, -0.05) is 27.4 Å². The zero-order chi connectivity index (χ0) is 82.6. The number of amides is 8. The van der Waals surface area contributed by atoms with Crippen LogP contribution in [0.1, 0.15) is 143 Å². The van der Waals surface area contributed by atoms with Crippen LogP contribution in [0.4, 0.5) is 0 Å². The van der Waals surface area contributed by atoms with Gasteiger partial charge in [0.25, 0.3) is 0 Å². The van der Waals surface area contributed by atoms with E-state index in [4.69, 9.17) is 61.6 Å². The molecule has 2 fully saturated rings. The zero-order valence-corrected chi connectivity index (χ0v) is 66.2. The highest BCUT2D eigenvalue weighted by Crippen LogP contribution is 2.32. The van der Waals surface area contributed by atoms with Gasteiger partial charge in [-0.15, -0.1) is 0 Å². The lowest BCUT2D eigenvalue weighted by Gasteiger charge is -2.43. The van der Waals surface area contributed by atoms with E-state index in [1.165, 1.54) is 13.0 Å². The molecule has 2 aliphatic heterocycles. The monoisotopic (exact) mass is 1610 g/mol. The predicted molar refractivity (Wildman–Crippen MR) is 401 cm³/mol. The van der Waals surface area contributed by atoms with Crippen LogP contribution in [0.15, 0.2) is 12.7 Å². The van der Waals surface area contributed by atoms with Crippen LogP contribution < -0.4 is 42.5 Å². The third kappa shape index (κ3) is 47.4. The molecule has 0 radical (unpaired) electrons. The molecule has 16 N–H and O–H groups in total. The summed E-state index contributed by atoms with van der Waals surface area (Å²) in [6.07, 6.45) is -2.80. The van der Waals surface area contributed by atoms with Crippen molar-refractivity contribution in [3.05, 3.63) is 12.7 Å². The fourth-order valence-corrected chi connectivity index (χ4v) is 11.1. The molecule has 38 nitrogen and oxygen atoms in total. The van der Waals surface area contributed by atoms with Crippen LogP contribution in [-0.4, -0.2) is 339 Å². The lowest BCUT2D eigenvalue weighted by Crippen LogP contribution is -2.59. The lowest BCUT2D eigenvalue weighted by molar-refractivity contribution is -0.281. The van der Waals surface area contributed by atoms with Gasteiger partial charge >= 0.3 is 0 Å². The van der Waals surface area contributed by atoms with Crippen LogP contribution >= 0.6 is 0 Å². The van der Waals surface area contributed by atoms with E-state index >= 15 is 0 Å². The van der Waals surface area contributed by atoms with Crippen LogP contribution in [0.25, 0.3) is 0 Å². The van der Waals surface area contributed by atoms with Crippen molar-refractivity contribution >= 4 is 53.0 Å². The van der Waals surface area contributed by atoms with Crippen molar-refractivity contribution in [2.75, 3.05) is 185 Å². The van der Waals surface area contributed by atoms with Crippen LogP contribution in [0, 0.1) is 17.8 Å². The first-order chi connectivity index (χ1) is 53.9. The molecule has 0 aliphatic carbocycles. The highest BCUT2D eigenvalue weighted by molar-refractivity contribution is 5.87. The Balaban J connectivity index is 2.02. The number of carbonyl (C=O) groups is 9. The second kappa shape index (κ2) is 63.5. The number of ether oxygens (including phenoxy) is 13. The van der Waals surface area contributed by atoms with E-state index in [2.05, 4.69) is 49.1 Å². The van der Waals surface area contributed by atoms with E-state index in [0.717, 1.165) is 0 Å². The summed E-state index contributed by atoms with van der Waals surface area (Å²) < 4.78 is 74.4. The van der Waals surface area contributed by atoms with Gasteiger partial charge in [-0.05, 0) is 77.2 Å². The van der Waals surface area contributed by atoms with Crippen molar-refractivity contribution in [2.45, 2.75) is 204 Å². The van der Waals surface area contributed by atoms with E-state index in [1.54, 1.807) is 20.8 Å². The summed E-state index contributed by atoms with van der Waals surface area (Å²) in [6, 6.07) is 0. The van der Waals surface area contributed by atoms with Gasteiger partial charge < -0.3 is 145 Å². The number of hydrogen-bond acceptors (Lipinski definition) is 30. The second-order valence-corrected chi connectivity index (χ2v) is 27.5. The van der Waals surface area contributed by atoms with E-state index in [9.17, 15) is 84.0 Å². The molecular weight excluding hydrogens is 1480 g/mol. The Morgan fingerprint density at radius 3 is 1.39 bits per heavy atom. The number of hydrogen-bond donors (Lipinski definition) is 16. The Kier molecular flexibility index (Phi) is 58.1. The molecule has 650 valence electrons. The van der Waals surface area contributed by atoms with Gasteiger partial charge in [0.1, 0.15) is 23.3 Å². The van der Waals surface area contributed by atoms with Crippen LogP contribution in [-0.2, 0) is 105 Å². The molecule has 2 saturated heterocycles. The summed E-state index contributed by atoms with van der Waals surface area (Å²) in [5.41, 5.74) is -3.03. The molecule has 112 heavy (non-hydrogen) atoms. The molecule has 2 aliphatic rings. The molecule has 8 amide bonds. The smallest absolute Gasteiger partial charge is 0.243 e. The van der Waals surface area contributed by atoms with Gasteiger partial charge in [0.2, 0.25) is 47.3 Å². The maximum atomic E-state index is 13.8. The van der Waals surface area contributed by atoms with Gasteiger partial charge in [-0.25, -0.2) is 0 Å². The number of aliphatic hydroxyl groups excluding tert-OH is 6. The number of Topliss-reactive ketones (excluding diaryl/α,β-unsaturated/α-hetero) is 1. The first kappa shape index (κ1) is 102. The minimum atomic E-state index is -1.70. The molecule has 38 heteroatoms. The standard InChI is InChI=1S/C74H134N8O30/c1-6-56-66(94)67(95)57(48-85)112-72(56)109-35-13-10-19-61(89)77-27-16-30-80-64(92)22-39-106-51-73(82-65(93)23-36-100-41-43-102-45-46-103-44-42-101-40-31-81-58(86)7-2,50-105-38-21-63(91)79-29-15-26-76-60(88)18-9-12-34-108-71(55(5)69(97)98)111-53(3)47-84)49-104-37-20-62(90)78-28-14-25-75-59(87)17-8-11-33-107-70-54(4)68(96)74(99,24-32-83)52-110-70/h7,53-57,67-72,83-85,95-99H,2,6,8-52H2,1,3-5H3,(H,75,87)(H,76,88)(H,77,89)(H,78,90)(H,79,91)(H,80,92)(H,81,86)(H,82,93). The van der Waals surface area contributed by atoms with Gasteiger partial charge in [0.15, 0.2) is 30.9 Å². The van der Waals surface area contributed by atoms with Crippen molar-refractivity contribution in [3.63, 3.8) is 0 Å². The number of nitrogens with one attached hydrogen (secondary N) is 8. The molecule has 12 unspecified atom stereocenters. The Morgan fingerprint density at radius 2 is 0.964 bits per heavy atom. The fourth-order valence-electron chi connectivity index (χ4n) is 11.1. The predicted octanol–water partition coefficient (Wildman–Crippen LogP) is -2.94. The van der Waals surface area contributed by atoms with Crippen LogP contribution in [0.2, 0.25) is 0 Å². The molecule has 0 aromatic carbocycles. The van der Waals surface area contributed by atoms with Crippen LogP contribution in [0.3, 0.4) is 0 Å². The summed E-state index contributed by atoms with van der Waals surface area (Å²) in [4.78, 5) is 114. The Hall–Kier alpha value is -5.67. The summed E-state index contributed by atoms with van der Waals surface area (Å²) in [7, 11) is 0. The molecule has 0 bridgehead atoms. The summed E-state index contributed by atoms with van der Waals surface area (Å²) in [5, 5.41) is 101. The van der Waals surface area contributed by atoms with Crippen LogP contribution in [0.5, 0.6) is 0 Å². The average Bonchev–Trinajstić information content (AvgIpc) is 0.800. The first-order valence-electron chi connectivity index (χ1n) is 39.3. The maximum absolute atomic E-state index is 13.8. The van der Waals surface area contributed by atoms with Crippen molar-refractivity contribution in [1.29, 1.82) is 0 Å². The Bertz CT molecular complexity index is 2590. The lowest BCUT2D eigenvalue weighted by atomic mass is 9.83. The van der Waals surface area contributed by atoms with E-state index in [1.807, 2.05) is 0 Å². The second-order valence-electron chi connectivity index (χ2n) is 27.5. The average molecular weight is 1620 g/mol. The number of carbonyl (C=O) groups excluding carboxylic acids is 9. The zero-order valence-electron chi connectivity index (χ0n) is 66.2. The van der Waals surface area contributed by atoms with Gasteiger partial charge in [-0.2, -0.15) is 0 Å². The molecule has 0 spiro atoms. The molecule has 0 aromatic heterocycles. The number of ketones is 1. The molecule has 12 atom stereocenters. The maximum Gasteiger partial charge on any atom is 0.243 e. The van der Waals surface area contributed by atoms with Crippen molar-refractivity contribution in [3.8, 4) is 0 Å². The highest BCUT2D eigenvalue weighted by Gasteiger charge is 2.47. The molecule has 2 rings (SSSR count). The molecule has 0 saturated carbocycles. The summed E-state index contributed by atoms with van der Waals surface area (Å²) in [6.45, 7) is 11.7. The Morgan fingerprint density at radius 1 is 0.545 bits per heavy atom. The quantitative estimate of drug-likeness (QED) is 0.0165. The van der Waals surface area contributed by atoms with Gasteiger partial charge in [-0.3, -0.25) is 43.2 Å². The van der Waals surface area contributed by atoms with Gasteiger partial charge in [0.05, 0.1) is 136 Å². The number of rotatable bonds is 71. The van der Waals surface area contributed by atoms with E-state index in [0.29, 0.717) is 90.6 Å². The SMILES string of the molecule is C=CC(=O)NCCOCCOCCOCCOCCC(=O)NC(COCCC(=O)NCCCNC(=O)CCCCOC1OC(CO)C(O)C(=O)C1CC)(COCCC(=O)NCCCNC(=O)CCCCOC(OC(C)CO)C(C)C(O)O)COCCC(=O)NCCCNC(=O)CCCCOC1OCC(O)(CCO)C(O)C1C. The Labute approximate surface area is 657 Å². The van der Waals surface area contributed by atoms with Crippen molar-refractivity contribution in [1.82, 2.24) is 42.5 Å². The molecule has 0 aromatic rings. The van der Waals surface area contributed by atoms with E-state index in [-0.39, 0.29) is 244 Å². The first-order valence-corrected chi connectivity index (χ1v) is 39.3. The number of aliphatic hydroxyl groups is 8. The normalized spacial score (nSPS) is 20.4. The number of unbranched alkanes of at least 4 members (excludes halogenated alkanes) is 3. The third-order valence-electron chi connectivity index (χ3n) is 17.8. The topological polar surface area (TPSA) is 532 Å². The third-order valence-corrected chi connectivity index (χ3v) is 17.8. The summed E-state index contributed by atoms with van der Waals surface area (Å²) in [5.74, 6) is -4.99. The largest absolute Gasteiger partial charge is 0.396 e. The fraction of sp³-hybridized carbons (Fsp3) is 0.851. The molecular formula is C74H134N8O30. The van der Waals surface area contributed by atoms with Gasteiger partial charge in [0, 0.05) is 130 Å². The van der Waals surface area contributed by atoms with Crippen molar-refractivity contribution in [2.24, 2.45) is 17.8 Å². The molecule has 2 heterocycles. The van der Waals surface area contributed by atoms with E-state index < -0.39 is 96.8 Å². The minimum absolute atomic E-state index is 0.0255. The van der Waals surface area contributed by atoms with Crippen molar-refractivity contribution < 1.29 is 146 Å².